The Morgan fingerprint density at radius 1 is 1.23 bits per heavy atom. The predicted octanol–water partition coefficient (Wildman–Crippen LogP) is 1.97. The van der Waals surface area contributed by atoms with E-state index < -0.39 is 0 Å². The van der Waals surface area contributed by atoms with E-state index in [0.29, 0.717) is 35.6 Å². The molecule has 120 valence electrons. The lowest BCUT2D eigenvalue weighted by Gasteiger charge is -2.38. The third-order valence-corrected chi connectivity index (χ3v) is 5.00. The highest BCUT2D eigenvalue weighted by atomic mass is 35.5. The van der Waals surface area contributed by atoms with Crippen molar-refractivity contribution in [3.63, 3.8) is 0 Å². The zero-order valence-electron chi connectivity index (χ0n) is 12.7. The van der Waals surface area contributed by atoms with Crippen molar-refractivity contribution in [3.05, 3.63) is 22.7 Å². The highest BCUT2D eigenvalue weighted by Crippen LogP contribution is 2.33. The van der Waals surface area contributed by atoms with Gasteiger partial charge in [-0.3, -0.25) is 4.79 Å². The van der Waals surface area contributed by atoms with Gasteiger partial charge in [-0.2, -0.15) is 0 Å². The van der Waals surface area contributed by atoms with Crippen molar-refractivity contribution >= 4 is 28.9 Å². The smallest absolute Gasteiger partial charge is 0.222 e. The number of amides is 1. The maximum atomic E-state index is 11.9. The largest absolute Gasteiger partial charge is 0.398 e. The fourth-order valence-corrected chi connectivity index (χ4v) is 3.84. The summed E-state index contributed by atoms with van der Waals surface area (Å²) in [6.45, 7) is 3.13. The first-order chi connectivity index (χ1) is 10.6. The fraction of sp³-hybridized carbons (Fsp3) is 0.562. The first kappa shape index (κ1) is 15.4. The molecule has 5 nitrogen and oxygen atoms in total. The lowest BCUT2D eigenvalue weighted by Crippen LogP contribution is -2.45. The zero-order chi connectivity index (χ0) is 15.7. The van der Waals surface area contributed by atoms with Gasteiger partial charge in [0.1, 0.15) is 0 Å². The van der Waals surface area contributed by atoms with Crippen LogP contribution in [0.5, 0.6) is 0 Å². The first-order valence-electron chi connectivity index (χ1n) is 7.92. The molecule has 1 amide bonds. The number of halogens is 1. The number of anilines is 2. The van der Waals surface area contributed by atoms with Gasteiger partial charge in [-0.25, -0.2) is 0 Å². The van der Waals surface area contributed by atoms with Crippen LogP contribution in [0.25, 0.3) is 0 Å². The lowest BCUT2D eigenvalue weighted by molar-refractivity contribution is -0.130. The number of benzene rings is 1. The van der Waals surface area contributed by atoms with E-state index in [2.05, 4.69) is 9.80 Å². The highest BCUT2D eigenvalue weighted by molar-refractivity contribution is 6.31. The molecule has 1 aromatic carbocycles. The minimum Gasteiger partial charge on any atom is -0.398 e. The first-order valence-corrected chi connectivity index (χ1v) is 8.30. The number of piperidine rings is 1. The number of carbonyl (C=O) groups excluding carboxylic acids is 1. The Balaban J connectivity index is 1.72. The second-order valence-corrected chi connectivity index (χ2v) is 6.54. The van der Waals surface area contributed by atoms with Crippen LogP contribution in [0.1, 0.15) is 31.2 Å². The molecule has 0 saturated carbocycles. The van der Waals surface area contributed by atoms with E-state index in [1.807, 2.05) is 6.07 Å². The summed E-state index contributed by atoms with van der Waals surface area (Å²) < 4.78 is 0. The minimum atomic E-state index is 0.313. The van der Waals surface area contributed by atoms with E-state index in [0.717, 1.165) is 50.1 Å². The van der Waals surface area contributed by atoms with E-state index in [9.17, 15) is 4.79 Å². The molecule has 0 aromatic heterocycles. The molecule has 2 fully saturated rings. The van der Waals surface area contributed by atoms with Gasteiger partial charge in [0.25, 0.3) is 0 Å². The fourth-order valence-electron chi connectivity index (χ4n) is 3.62. The van der Waals surface area contributed by atoms with Crippen LogP contribution in [-0.4, -0.2) is 36.5 Å². The van der Waals surface area contributed by atoms with Crippen molar-refractivity contribution in [1.82, 2.24) is 4.90 Å². The molecule has 6 heteroatoms. The molecule has 2 heterocycles. The van der Waals surface area contributed by atoms with Gasteiger partial charge in [-0.1, -0.05) is 11.6 Å². The molecule has 0 spiro atoms. The van der Waals surface area contributed by atoms with Crippen LogP contribution in [0, 0.1) is 0 Å². The monoisotopic (exact) mass is 322 g/mol. The SMILES string of the molecule is NCc1c(N)cc(Cl)cc1N1CCC(N2CCCC2=O)CC1. The Bertz CT molecular complexity index is 570. The molecule has 0 aliphatic carbocycles. The van der Waals surface area contributed by atoms with E-state index in [1.54, 1.807) is 6.07 Å². The van der Waals surface area contributed by atoms with E-state index in [4.69, 9.17) is 23.1 Å². The van der Waals surface area contributed by atoms with Crippen molar-refractivity contribution in [2.45, 2.75) is 38.3 Å². The topological polar surface area (TPSA) is 75.6 Å². The minimum absolute atomic E-state index is 0.313. The van der Waals surface area contributed by atoms with Crippen LogP contribution < -0.4 is 16.4 Å². The van der Waals surface area contributed by atoms with Crippen molar-refractivity contribution in [2.75, 3.05) is 30.3 Å². The molecule has 2 aliphatic heterocycles. The summed E-state index contributed by atoms with van der Waals surface area (Å²) in [4.78, 5) is 16.2. The molecule has 0 unspecified atom stereocenters. The summed E-state index contributed by atoms with van der Waals surface area (Å²) in [6, 6.07) is 4.08. The summed E-state index contributed by atoms with van der Waals surface area (Å²) in [6.07, 6.45) is 3.69. The summed E-state index contributed by atoms with van der Waals surface area (Å²) in [5, 5.41) is 0.640. The second kappa shape index (κ2) is 6.34. The standard InChI is InChI=1S/C16H23ClN4O/c17-11-8-14(19)13(10-18)15(9-11)20-6-3-12(4-7-20)21-5-1-2-16(21)22/h8-9,12H,1-7,10,18-19H2. The van der Waals surface area contributed by atoms with Crippen LogP contribution in [0.2, 0.25) is 5.02 Å². The number of likely N-dealkylation sites (tertiary alicyclic amines) is 1. The van der Waals surface area contributed by atoms with Gasteiger partial charge in [0.2, 0.25) is 5.91 Å². The lowest BCUT2D eigenvalue weighted by atomic mass is 10.0. The molecule has 0 atom stereocenters. The zero-order valence-corrected chi connectivity index (χ0v) is 13.5. The molecular formula is C16H23ClN4O. The predicted molar refractivity (Wildman–Crippen MR) is 89.9 cm³/mol. The Kier molecular flexibility index (Phi) is 4.45. The quantitative estimate of drug-likeness (QED) is 0.834. The summed E-state index contributed by atoms with van der Waals surface area (Å²) in [5.41, 5.74) is 14.5. The van der Waals surface area contributed by atoms with Crippen molar-refractivity contribution in [2.24, 2.45) is 5.73 Å². The molecular weight excluding hydrogens is 300 g/mol. The maximum Gasteiger partial charge on any atom is 0.222 e. The van der Waals surface area contributed by atoms with E-state index >= 15 is 0 Å². The number of nitrogens with two attached hydrogens (primary N) is 2. The van der Waals surface area contributed by atoms with Gasteiger partial charge < -0.3 is 21.3 Å². The van der Waals surface area contributed by atoms with Crippen molar-refractivity contribution in [3.8, 4) is 0 Å². The Hall–Kier alpha value is -1.46. The molecule has 22 heavy (non-hydrogen) atoms. The average Bonchev–Trinajstić information content (AvgIpc) is 2.93. The normalized spacial score (nSPS) is 20.0. The molecule has 2 saturated heterocycles. The summed E-state index contributed by atoms with van der Waals surface area (Å²) in [5.74, 6) is 0.313. The summed E-state index contributed by atoms with van der Waals surface area (Å²) in [7, 11) is 0. The van der Waals surface area contributed by atoms with Gasteiger partial charge in [0.05, 0.1) is 0 Å². The molecule has 3 rings (SSSR count). The highest BCUT2D eigenvalue weighted by Gasteiger charge is 2.31. The molecule has 2 aliphatic rings. The maximum absolute atomic E-state index is 11.9. The van der Waals surface area contributed by atoms with E-state index in [1.165, 1.54) is 0 Å². The number of nitrogens with zero attached hydrogens (tertiary/aromatic N) is 2. The van der Waals surface area contributed by atoms with E-state index in [-0.39, 0.29) is 0 Å². The number of carbonyl (C=O) groups is 1. The summed E-state index contributed by atoms with van der Waals surface area (Å²) >= 11 is 6.15. The van der Waals surface area contributed by atoms with Gasteiger partial charge in [-0.05, 0) is 31.4 Å². The third-order valence-electron chi connectivity index (χ3n) is 4.79. The average molecular weight is 323 g/mol. The van der Waals surface area contributed by atoms with Gasteiger partial charge in [-0.15, -0.1) is 0 Å². The molecule has 0 radical (unpaired) electrons. The Morgan fingerprint density at radius 2 is 1.95 bits per heavy atom. The van der Waals surface area contributed by atoms with Crippen molar-refractivity contribution < 1.29 is 4.79 Å². The van der Waals surface area contributed by atoms with Crippen LogP contribution in [0.3, 0.4) is 0 Å². The third kappa shape index (κ3) is 2.88. The molecule has 1 aromatic rings. The Morgan fingerprint density at radius 3 is 2.55 bits per heavy atom. The van der Waals surface area contributed by atoms with Crippen LogP contribution in [0.4, 0.5) is 11.4 Å². The Labute approximate surface area is 136 Å². The van der Waals surface area contributed by atoms with Gasteiger partial charge in [0.15, 0.2) is 0 Å². The number of nitrogen functional groups attached to an aromatic ring is 1. The van der Waals surface area contributed by atoms with Gasteiger partial charge >= 0.3 is 0 Å². The number of rotatable bonds is 3. The second-order valence-electron chi connectivity index (χ2n) is 6.11. The molecule has 0 bridgehead atoms. The van der Waals surface area contributed by atoms with Crippen molar-refractivity contribution in [1.29, 1.82) is 0 Å². The van der Waals surface area contributed by atoms with Crippen LogP contribution in [-0.2, 0) is 11.3 Å². The van der Waals surface area contributed by atoms with Gasteiger partial charge in [0, 0.05) is 60.6 Å². The molecule has 4 N–H and O–H groups in total. The van der Waals surface area contributed by atoms with Crippen LogP contribution in [0.15, 0.2) is 12.1 Å². The van der Waals surface area contributed by atoms with Crippen LogP contribution >= 0.6 is 11.6 Å². The number of hydrogen-bond acceptors (Lipinski definition) is 4. The number of hydrogen-bond donors (Lipinski definition) is 2.